The van der Waals surface area contributed by atoms with Crippen molar-refractivity contribution in [2.75, 3.05) is 31.6 Å². The van der Waals surface area contributed by atoms with Crippen molar-refractivity contribution < 1.29 is 14.3 Å². The van der Waals surface area contributed by atoms with Gasteiger partial charge in [-0.25, -0.2) is 4.79 Å². The standard InChI is InChI=1S/C16H22ClN3O3/c1-11(2)14(15(21)20-7-9-23-10-8-20)19-16(22)18-13-5-3-12(17)4-6-13/h3-6,11,14H,7-10H2,1-2H3,(H2,18,19,22)/t14-/m0/s1. The van der Waals surface area contributed by atoms with Crippen molar-refractivity contribution in [3.8, 4) is 0 Å². The summed E-state index contributed by atoms with van der Waals surface area (Å²) < 4.78 is 5.26. The summed E-state index contributed by atoms with van der Waals surface area (Å²) in [5.74, 6) is -0.0872. The van der Waals surface area contributed by atoms with Crippen LogP contribution in [0.15, 0.2) is 24.3 Å². The van der Waals surface area contributed by atoms with E-state index in [2.05, 4.69) is 10.6 Å². The van der Waals surface area contributed by atoms with Crippen molar-refractivity contribution in [3.63, 3.8) is 0 Å². The van der Waals surface area contributed by atoms with E-state index in [0.29, 0.717) is 37.0 Å². The quantitative estimate of drug-likeness (QED) is 0.884. The van der Waals surface area contributed by atoms with Crippen LogP contribution in [0.1, 0.15) is 13.8 Å². The summed E-state index contributed by atoms with van der Waals surface area (Å²) in [5.41, 5.74) is 0.619. The van der Waals surface area contributed by atoms with E-state index in [1.165, 1.54) is 0 Å². The minimum atomic E-state index is -0.569. The molecule has 3 amide bonds. The molecule has 0 radical (unpaired) electrons. The summed E-state index contributed by atoms with van der Waals surface area (Å²) in [5, 5.41) is 6.07. The predicted octanol–water partition coefficient (Wildman–Crippen LogP) is 2.34. The number of carbonyl (C=O) groups is 2. The van der Waals surface area contributed by atoms with E-state index < -0.39 is 12.1 Å². The Morgan fingerprint density at radius 1 is 1.17 bits per heavy atom. The van der Waals surface area contributed by atoms with Gasteiger partial charge < -0.3 is 20.3 Å². The van der Waals surface area contributed by atoms with Crippen molar-refractivity contribution in [1.29, 1.82) is 0 Å². The highest BCUT2D eigenvalue weighted by Crippen LogP contribution is 2.14. The van der Waals surface area contributed by atoms with Crippen LogP contribution in [0, 0.1) is 5.92 Å². The van der Waals surface area contributed by atoms with Crippen LogP contribution in [0.5, 0.6) is 0 Å². The Kier molecular flexibility index (Phi) is 6.24. The molecule has 0 bridgehead atoms. The third-order valence-electron chi connectivity index (χ3n) is 3.64. The lowest BCUT2D eigenvalue weighted by molar-refractivity contribution is -0.138. The predicted molar refractivity (Wildman–Crippen MR) is 89.6 cm³/mol. The maximum atomic E-state index is 12.6. The highest BCUT2D eigenvalue weighted by atomic mass is 35.5. The van der Waals surface area contributed by atoms with Gasteiger partial charge in [0.1, 0.15) is 6.04 Å². The summed E-state index contributed by atoms with van der Waals surface area (Å²) >= 11 is 5.81. The molecule has 1 aromatic carbocycles. The Morgan fingerprint density at radius 2 is 1.78 bits per heavy atom. The maximum absolute atomic E-state index is 12.6. The Morgan fingerprint density at radius 3 is 2.35 bits per heavy atom. The topological polar surface area (TPSA) is 70.7 Å². The minimum Gasteiger partial charge on any atom is -0.378 e. The minimum absolute atomic E-state index is 0.0127. The van der Waals surface area contributed by atoms with Crippen LogP contribution in [0.3, 0.4) is 0 Å². The summed E-state index contributed by atoms with van der Waals surface area (Å²) in [4.78, 5) is 26.5. The zero-order chi connectivity index (χ0) is 16.8. The summed E-state index contributed by atoms with van der Waals surface area (Å²) in [7, 11) is 0. The Hall–Kier alpha value is -1.79. The van der Waals surface area contributed by atoms with E-state index in [1.807, 2.05) is 13.8 Å². The number of nitrogens with zero attached hydrogens (tertiary/aromatic N) is 1. The molecule has 23 heavy (non-hydrogen) atoms. The molecule has 6 nitrogen and oxygen atoms in total. The Balaban J connectivity index is 1.96. The van der Waals surface area contributed by atoms with Crippen LogP contribution in [-0.4, -0.2) is 49.2 Å². The molecule has 1 aromatic rings. The molecule has 0 aliphatic carbocycles. The number of morpholine rings is 1. The third kappa shape index (κ3) is 5.11. The van der Waals surface area contributed by atoms with Crippen LogP contribution >= 0.6 is 11.6 Å². The maximum Gasteiger partial charge on any atom is 0.319 e. The molecule has 1 saturated heterocycles. The second kappa shape index (κ2) is 8.17. The molecule has 0 saturated carbocycles. The van der Waals surface area contributed by atoms with Crippen molar-refractivity contribution in [2.24, 2.45) is 5.92 Å². The average molecular weight is 340 g/mol. The van der Waals surface area contributed by atoms with Crippen molar-refractivity contribution >= 4 is 29.2 Å². The first-order chi connectivity index (χ1) is 11.0. The normalized spacial score (nSPS) is 16.1. The highest BCUT2D eigenvalue weighted by molar-refractivity contribution is 6.30. The lowest BCUT2D eigenvalue weighted by Gasteiger charge is -2.32. The lowest BCUT2D eigenvalue weighted by atomic mass is 10.0. The Labute approximate surface area is 141 Å². The number of ether oxygens (including phenoxy) is 1. The number of rotatable bonds is 4. The van der Waals surface area contributed by atoms with Gasteiger partial charge in [0.05, 0.1) is 13.2 Å². The van der Waals surface area contributed by atoms with E-state index in [4.69, 9.17) is 16.3 Å². The number of nitrogens with one attached hydrogen (secondary N) is 2. The fraction of sp³-hybridized carbons (Fsp3) is 0.500. The zero-order valence-corrected chi connectivity index (χ0v) is 14.1. The van der Waals surface area contributed by atoms with Crippen molar-refractivity contribution in [2.45, 2.75) is 19.9 Å². The van der Waals surface area contributed by atoms with Crippen LogP contribution in [0.2, 0.25) is 5.02 Å². The molecule has 0 unspecified atom stereocenters. The van der Waals surface area contributed by atoms with Gasteiger partial charge in [0.2, 0.25) is 5.91 Å². The second-order valence-electron chi connectivity index (χ2n) is 5.76. The molecule has 1 heterocycles. The van der Waals surface area contributed by atoms with Gasteiger partial charge in [-0.05, 0) is 30.2 Å². The van der Waals surface area contributed by atoms with Crippen LogP contribution < -0.4 is 10.6 Å². The summed E-state index contributed by atoms with van der Waals surface area (Å²) in [6.07, 6.45) is 0. The van der Waals surface area contributed by atoms with E-state index in [9.17, 15) is 9.59 Å². The fourth-order valence-electron chi connectivity index (χ4n) is 2.34. The van der Waals surface area contributed by atoms with Gasteiger partial charge >= 0.3 is 6.03 Å². The van der Waals surface area contributed by atoms with E-state index in [0.717, 1.165) is 0 Å². The molecule has 2 rings (SSSR count). The molecular formula is C16H22ClN3O3. The fourth-order valence-corrected chi connectivity index (χ4v) is 2.46. The number of urea groups is 1. The van der Waals surface area contributed by atoms with Gasteiger partial charge in [-0.3, -0.25) is 4.79 Å². The van der Waals surface area contributed by atoms with E-state index in [-0.39, 0.29) is 11.8 Å². The summed E-state index contributed by atoms with van der Waals surface area (Å²) in [6, 6.07) is 5.81. The smallest absolute Gasteiger partial charge is 0.319 e. The molecule has 1 atom stereocenters. The number of amides is 3. The molecule has 0 aromatic heterocycles. The Bertz CT molecular complexity index is 542. The number of halogens is 1. The lowest BCUT2D eigenvalue weighted by Crippen LogP contribution is -2.54. The van der Waals surface area contributed by atoms with Gasteiger partial charge in [-0.2, -0.15) is 0 Å². The molecule has 0 spiro atoms. The molecular weight excluding hydrogens is 318 g/mol. The van der Waals surface area contributed by atoms with Crippen LogP contribution in [-0.2, 0) is 9.53 Å². The number of hydrogen-bond acceptors (Lipinski definition) is 3. The third-order valence-corrected chi connectivity index (χ3v) is 3.90. The molecule has 1 aliphatic heterocycles. The first-order valence-electron chi connectivity index (χ1n) is 7.67. The zero-order valence-electron chi connectivity index (χ0n) is 13.3. The van der Waals surface area contributed by atoms with Gasteiger partial charge in [-0.15, -0.1) is 0 Å². The largest absolute Gasteiger partial charge is 0.378 e. The highest BCUT2D eigenvalue weighted by Gasteiger charge is 2.29. The van der Waals surface area contributed by atoms with Gasteiger partial charge in [0, 0.05) is 23.8 Å². The number of carbonyl (C=O) groups excluding carboxylic acids is 2. The molecule has 1 fully saturated rings. The number of hydrogen-bond donors (Lipinski definition) is 2. The van der Waals surface area contributed by atoms with Gasteiger partial charge in [-0.1, -0.05) is 25.4 Å². The molecule has 1 aliphatic rings. The van der Waals surface area contributed by atoms with E-state index >= 15 is 0 Å². The van der Waals surface area contributed by atoms with Crippen molar-refractivity contribution in [3.05, 3.63) is 29.3 Å². The monoisotopic (exact) mass is 339 g/mol. The van der Waals surface area contributed by atoms with E-state index in [1.54, 1.807) is 29.2 Å². The second-order valence-corrected chi connectivity index (χ2v) is 6.20. The molecule has 2 N–H and O–H groups in total. The first kappa shape index (κ1) is 17.6. The first-order valence-corrected chi connectivity index (χ1v) is 8.05. The molecule has 126 valence electrons. The number of benzene rings is 1. The van der Waals surface area contributed by atoms with Gasteiger partial charge in [0.15, 0.2) is 0 Å². The van der Waals surface area contributed by atoms with Crippen LogP contribution in [0.25, 0.3) is 0 Å². The van der Waals surface area contributed by atoms with Crippen LogP contribution in [0.4, 0.5) is 10.5 Å². The average Bonchev–Trinajstić information content (AvgIpc) is 2.55. The molecule has 7 heteroatoms. The number of anilines is 1. The van der Waals surface area contributed by atoms with Gasteiger partial charge in [0.25, 0.3) is 0 Å². The SMILES string of the molecule is CC(C)[C@H](NC(=O)Nc1ccc(Cl)cc1)C(=O)N1CCOCC1. The summed E-state index contributed by atoms with van der Waals surface area (Å²) in [6.45, 7) is 6.00. The van der Waals surface area contributed by atoms with Crippen molar-refractivity contribution in [1.82, 2.24) is 10.2 Å².